The van der Waals surface area contributed by atoms with E-state index in [2.05, 4.69) is 169 Å². The first kappa shape index (κ1) is 30.4. The SMILES string of the molecule is C/C=C\C(=C/N)N(c1ccccc1)c1ccc(-c2ccc3c4c(cccc24)-c2c-3c(-c3ccccc3)c3ccccc3c2-c2ccccc2)cc1. The van der Waals surface area contributed by atoms with E-state index in [0.717, 1.165) is 17.1 Å². The van der Waals surface area contributed by atoms with Crippen molar-refractivity contribution in [2.24, 2.45) is 5.73 Å². The number of nitrogens with zero attached hydrogens (tertiary/aromatic N) is 1. The average molecular weight is 653 g/mol. The van der Waals surface area contributed by atoms with Crippen LogP contribution in [0.1, 0.15) is 6.92 Å². The van der Waals surface area contributed by atoms with E-state index >= 15 is 0 Å². The summed E-state index contributed by atoms with van der Waals surface area (Å²) in [6, 6.07) is 61.5. The Morgan fingerprint density at radius 2 is 0.922 bits per heavy atom. The number of anilines is 2. The smallest absolute Gasteiger partial charge is 0.0612 e. The molecule has 0 saturated heterocycles. The highest BCUT2D eigenvalue weighted by molar-refractivity contribution is 6.28. The molecule has 2 N–H and O–H groups in total. The molecule has 2 nitrogen and oxygen atoms in total. The minimum atomic E-state index is 0.912. The molecule has 0 heterocycles. The zero-order chi connectivity index (χ0) is 34.3. The summed E-state index contributed by atoms with van der Waals surface area (Å²) in [5.74, 6) is 0. The molecule has 0 aliphatic heterocycles. The van der Waals surface area contributed by atoms with Gasteiger partial charge in [-0.25, -0.2) is 0 Å². The van der Waals surface area contributed by atoms with Gasteiger partial charge in [0, 0.05) is 17.6 Å². The molecule has 51 heavy (non-hydrogen) atoms. The molecule has 0 fully saturated rings. The summed E-state index contributed by atoms with van der Waals surface area (Å²) in [6.45, 7) is 2.01. The Balaban J connectivity index is 1.27. The fourth-order valence-corrected chi connectivity index (χ4v) is 8.05. The van der Waals surface area contributed by atoms with Crippen molar-refractivity contribution in [1.29, 1.82) is 0 Å². The minimum absolute atomic E-state index is 0.912. The topological polar surface area (TPSA) is 29.3 Å². The molecule has 2 heteroatoms. The maximum atomic E-state index is 6.16. The molecule has 0 saturated carbocycles. The highest BCUT2D eigenvalue weighted by Crippen LogP contribution is 2.58. The Morgan fingerprint density at radius 3 is 1.49 bits per heavy atom. The van der Waals surface area contributed by atoms with Crippen molar-refractivity contribution in [3.63, 3.8) is 0 Å². The molecular formula is C49H36N2. The van der Waals surface area contributed by atoms with Crippen LogP contribution in [0.5, 0.6) is 0 Å². The van der Waals surface area contributed by atoms with Crippen molar-refractivity contribution < 1.29 is 0 Å². The first-order valence-corrected chi connectivity index (χ1v) is 17.5. The van der Waals surface area contributed by atoms with E-state index in [0.29, 0.717) is 0 Å². The Kier molecular flexibility index (Phi) is 7.56. The molecule has 9 rings (SSSR count). The molecule has 8 aromatic carbocycles. The van der Waals surface area contributed by atoms with Crippen LogP contribution in [0.3, 0.4) is 0 Å². The summed E-state index contributed by atoms with van der Waals surface area (Å²) in [4.78, 5) is 2.19. The van der Waals surface area contributed by atoms with E-state index in [1.54, 1.807) is 6.20 Å². The summed E-state index contributed by atoms with van der Waals surface area (Å²) in [6.07, 6.45) is 5.72. The number of allylic oxidation sites excluding steroid dienone is 2. The second kappa shape index (κ2) is 12.7. The lowest BCUT2D eigenvalue weighted by molar-refractivity contribution is 1.19. The van der Waals surface area contributed by atoms with Gasteiger partial charge in [-0.3, -0.25) is 0 Å². The third-order valence-corrected chi connectivity index (χ3v) is 10.1. The molecule has 0 atom stereocenters. The first-order chi connectivity index (χ1) is 25.3. The number of hydrogen-bond donors (Lipinski definition) is 1. The van der Waals surface area contributed by atoms with Gasteiger partial charge in [-0.2, -0.15) is 0 Å². The van der Waals surface area contributed by atoms with Crippen molar-refractivity contribution in [3.05, 3.63) is 194 Å². The maximum Gasteiger partial charge on any atom is 0.0612 e. The number of hydrogen-bond acceptors (Lipinski definition) is 2. The first-order valence-electron chi connectivity index (χ1n) is 17.5. The molecule has 1 aliphatic carbocycles. The van der Waals surface area contributed by atoms with Crippen LogP contribution >= 0.6 is 0 Å². The lowest BCUT2D eigenvalue weighted by Gasteiger charge is -2.26. The summed E-state index contributed by atoms with van der Waals surface area (Å²) in [5, 5.41) is 5.11. The predicted molar refractivity (Wildman–Crippen MR) is 218 cm³/mol. The normalized spacial score (nSPS) is 12.1. The molecule has 0 radical (unpaired) electrons. The molecule has 0 amide bonds. The molecule has 0 bridgehead atoms. The molecule has 0 aromatic heterocycles. The van der Waals surface area contributed by atoms with E-state index in [4.69, 9.17) is 5.73 Å². The number of fused-ring (bicyclic) bond motifs is 4. The van der Waals surface area contributed by atoms with Crippen molar-refractivity contribution in [1.82, 2.24) is 0 Å². The maximum absolute atomic E-state index is 6.16. The standard InChI is InChI=1S/C49H36N2/c1-2-15-38(32-50)51(36-20-10-5-11-21-36)37-28-26-33(27-29-37)39-30-31-44-47-40(39)24-14-25-43(47)48-45(34-16-6-3-7-17-34)41-22-12-13-23-42(41)46(49(44)48)35-18-8-4-9-19-35/h2-32H,50H2,1H3/b15-2-,38-32+. The van der Waals surface area contributed by atoms with Gasteiger partial charge in [0.15, 0.2) is 0 Å². The summed E-state index contributed by atoms with van der Waals surface area (Å²) in [5.41, 5.74) is 21.8. The van der Waals surface area contributed by atoms with Crippen molar-refractivity contribution in [2.75, 3.05) is 4.90 Å². The van der Waals surface area contributed by atoms with Crippen molar-refractivity contribution in [2.45, 2.75) is 6.92 Å². The zero-order valence-corrected chi connectivity index (χ0v) is 28.4. The average Bonchev–Trinajstić information content (AvgIpc) is 3.53. The third-order valence-electron chi connectivity index (χ3n) is 10.1. The van der Waals surface area contributed by atoms with Gasteiger partial charge in [-0.05, 0) is 114 Å². The van der Waals surface area contributed by atoms with Gasteiger partial charge in [0.1, 0.15) is 0 Å². The number of nitrogens with two attached hydrogens (primary N) is 1. The van der Waals surface area contributed by atoms with Gasteiger partial charge in [-0.1, -0.05) is 152 Å². The third kappa shape index (κ3) is 4.95. The van der Waals surface area contributed by atoms with E-state index < -0.39 is 0 Å². The minimum Gasteiger partial charge on any atom is -0.403 e. The largest absolute Gasteiger partial charge is 0.403 e. The van der Waals surface area contributed by atoms with Crippen LogP contribution < -0.4 is 10.6 Å². The fourth-order valence-electron chi connectivity index (χ4n) is 8.05. The summed E-state index contributed by atoms with van der Waals surface area (Å²) >= 11 is 0. The van der Waals surface area contributed by atoms with Crippen LogP contribution in [0.4, 0.5) is 11.4 Å². The number of para-hydroxylation sites is 1. The van der Waals surface area contributed by atoms with Crippen molar-refractivity contribution >= 4 is 32.9 Å². The van der Waals surface area contributed by atoms with E-state index in [1.807, 2.05) is 25.1 Å². The van der Waals surface area contributed by atoms with Gasteiger partial charge in [-0.15, -0.1) is 0 Å². The Labute approximate surface area is 299 Å². The summed E-state index contributed by atoms with van der Waals surface area (Å²) in [7, 11) is 0. The van der Waals surface area contributed by atoms with Crippen LogP contribution in [0.15, 0.2) is 194 Å². The highest BCUT2D eigenvalue weighted by Gasteiger charge is 2.31. The summed E-state index contributed by atoms with van der Waals surface area (Å²) < 4.78 is 0. The monoisotopic (exact) mass is 652 g/mol. The van der Waals surface area contributed by atoms with Gasteiger partial charge < -0.3 is 10.6 Å². The molecule has 0 unspecified atom stereocenters. The van der Waals surface area contributed by atoms with E-state index in [1.165, 1.54) is 77.2 Å². The lowest BCUT2D eigenvalue weighted by atomic mass is 9.82. The van der Waals surface area contributed by atoms with E-state index in [9.17, 15) is 0 Å². The molecular weight excluding hydrogens is 617 g/mol. The predicted octanol–water partition coefficient (Wildman–Crippen LogP) is 13.2. The van der Waals surface area contributed by atoms with Crippen LogP contribution in [-0.4, -0.2) is 0 Å². The van der Waals surface area contributed by atoms with Crippen LogP contribution in [0, 0.1) is 0 Å². The fraction of sp³-hybridized carbons (Fsp3) is 0.0204. The molecule has 1 aliphatic rings. The molecule has 0 spiro atoms. The van der Waals surface area contributed by atoms with Crippen molar-refractivity contribution in [3.8, 4) is 55.6 Å². The molecule has 242 valence electrons. The van der Waals surface area contributed by atoms with Gasteiger partial charge in [0.2, 0.25) is 0 Å². The molecule has 8 aromatic rings. The quantitative estimate of drug-likeness (QED) is 0.174. The number of benzene rings is 8. The van der Waals surface area contributed by atoms with Gasteiger partial charge >= 0.3 is 0 Å². The Bertz CT molecular complexity index is 2530. The lowest BCUT2D eigenvalue weighted by Crippen LogP contribution is -2.16. The Hall–Kier alpha value is -6.64. The van der Waals surface area contributed by atoms with Gasteiger partial charge in [0.25, 0.3) is 0 Å². The second-order valence-corrected chi connectivity index (χ2v) is 13.0. The van der Waals surface area contributed by atoms with Crippen LogP contribution in [0.25, 0.3) is 77.2 Å². The van der Waals surface area contributed by atoms with Crippen LogP contribution in [-0.2, 0) is 0 Å². The Morgan fingerprint density at radius 1 is 0.431 bits per heavy atom. The zero-order valence-electron chi connectivity index (χ0n) is 28.4. The van der Waals surface area contributed by atoms with Crippen LogP contribution in [0.2, 0.25) is 0 Å². The van der Waals surface area contributed by atoms with Gasteiger partial charge in [0.05, 0.1) is 5.70 Å². The van der Waals surface area contributed by atoms with E-state index in [-0.39, 0.29) is 0 Å². The highest BCUT2D eigenvalue weighted by atomic mass is 15.1. The second-order valence-electron chi connectivity index (χ2n) is 13.0. The number of rotatable bonds is 7.